The number of anilines is 1. The van der Waals surface area contributed by atoms with Crippen molar-refractivity contribution in [3.8, 4) is 11.5 Å². The van der Waals surface area contributed by atoms with Gasteiger partial charge in [0.05, 0.1) is 7.11 Å². The van der Waals surface area contributed by atoms with Gasteiger partial charge in [-0.3, -0.25) is 0 Å². The molecule has 2 aromatic carbocycles. The second-order valence-electron chi connectivity index (χ2n) is 3.81. The highest BCUT2D eigenvalue weighted by atomic mass is 35.5. The Hall–Kier alpha value is -1.87. The molecule has 2 N–H and O–H groups in total. The molecule has 0 fully saturated rings. The zero-order chi connectivity index (χ0) is 13.0. The van der Waals surface area contributed by atoms with Crippen LogP contribution in [0, 0.1) is 0 Å². The molecule has 0 aliphatic carbocycles. The van der Waals surface area contributed by atoms with Crippen LogP contribution >= 0.6 is 11.6 Å². The summed E-state index contributed by atoms with van der Waals surface area (Å²) in [5.74, 6) is 1.46. The summed E-state index contributed by atoms with van der Waals surface area (Å²) in [6.45, 7) is 0.399. The summed E-state index contributed by atoms with van der Waals surface area (Å²) in [4.78, 5) is 0. The first-order valence-corrected chi connectivity index (χ1v) is 5.87. The average molecular weight is 264 g/mol. The van der Waals surface area contributed by atoms with Crippen LogP contribution in [-0.2, 0) is 6.61 Å². The largest absolute Gasteiger partial charge is 0.497 e. The number of ether oxygens (including phenoxy) is 2. The number of rotatable bonds is 4. The summed E-state index contributed by atoms with van der Waals surface area (Å²) >= 11 is 5.88. The second-order valence-corrected chi connectivity index (χ2v) is 4.25. The molecule has 0 amide bonds. The maximum absolute atomic E-state index is 5.90. The summed E-state index contributed by atoms with van der Waals surface area (Å²) < 4.78 is 10.7. The summed E-state index contributed by atoms with van der Waals surface area (Å²) in [7, 11) is 1.61. The quantitative estimate of drug-likeness (QED) is 0.859. The van der Waals surface area contributed by atoms with Crippen molar-refractivity contribution in [1.29, 1.82) is 0 Å². The second kappa shape index (κ2) is 5.65. The zero-order valence-corrected chi connectivity index (χ0v) is 10.8. The first-order chi connectivity index (χ1) is 8.69. The number of hydrogen-bond acceptors (Lipinski definition) is 3. The van der Waals surface area contributed by atoms with Gasteiger partial charge in [-0.05, 0) is 30.3 Å². The molecule has 0 atom stereocenters. The lowest BCUT2D eigenvalue weighted by Crippen LogP contribution is -2.00. The number of nitrogen functional groups attached to an aromatic ring is 1. The lowest BCUT2D eigenvalue weighted by Gasteiger charge is -2.10. The van der Waals surface area contributed by atoms with E-state index < -0.39 is 0 Å². The van der Waals surface area contributed by atoms with Crippen LogP contribution in [0.1, 0.15) is 5.56 Å². The lowest BCUT2D eigenvalue weighted by molar-refractivity contribution is 0.306. The fourth-order valence-electron chi connectivity index (χ4n) is 1.55. The third-order valence-electron chi connectivity index (χ3n) is 2.54. The van der Waals surface area contributed by atoms with Crippen molar-refractivity contribution < 1.29 is 9.47 Å². The molecule has 0 saturated heterocycles. The third kappa shape index (κ3) is 3.08. The topological polar surface area (TPSA) is 44.5 Å². The van der Waals surface area contributed by atoms with E-state index in [4.69, 9.17) is 26.8 Å². The van der Waals surface area contributed by atoms with E-state index in [0.717, 1.165) is 17.1 Å². The van der Waals surface area contributed by atoms with Gasteiger partial charge in [-0.15, -0.1) is 0 Å². The standard InChI is InChI=1S/C14H14ClNO2/c1-17-12-6-5-10(14(16)8-12)9-18-13-4-2-3-11(15)7-13/h2-8H,9,16H2,1H3. The molecular formula is C14H14ClNO2. The first-order valence-electron chi connectivity index (χ1n) is 5.50. The summed E-state index contributed by atoms with van der Waals surface area (Å²) in [6.07, 6.45) is 0. The predicted octanol–water partition coefficient (Wildman–Crippen LogP) is 3.51. The van der Waals surface area contributed by atoms with E-state index in [9.17, 15) is 0 Å². The van der Waals surface area contributed by atoms with Crippen LogP contribution in [-0.4, -0.2) is 7.11 Å². The molecular weight excluding hydrogens is 250 g/mol. The van der Waals surface area contributed by atoms with Gasteiger partial charge in [0, 0.05) is 22.3 Å². The van der Waals surface area contributed by atoms with Gasteiger partial charge in [-0.1, -0.05) is 17.7 Å². The minimum atomic E-state index is 0.399. The monoisotopic (exact) mass is 263 g/mol. The zero-order valence-electron chi connectivity index (χ0n) is 10.0. The molecule has 0 aromatic heterocycles. The van der Waals surface area contributed by atoms with Gasteiger partial charge in [0.25, 0.3) is 0 Å². The molecule has 0 radical (unpaired) electrons. The maximum atomic E-state index is 5.90. The molecule has 0 bridgehead atoms. The Kier molecular flexibility index (Phi) is 3.95. The third-order valence-corrected chi connectivity index (χ3v) is 2.78. The Morgan fingerprint density at radius 1 is 1.11 bits per heavy atom. The fraction of sp³-hybridized carbons (Fsp3) is 0.143. The minimum Gasteiger partial charge on any atom is -0.497 e. The Morgan fingerprint density at radius 3 is 2.61 bits per heavy atom. The Morgan fingerprint density at radius 2 is 1.94 bits per heavy atom. The molecule has 4 heteroatoms. The van der Waals surface area contributed by atoms with Crippen LogP contribution in [0.4, 0.5) is 5.69 Å². The predicted molar refractivity (Wildman–Crippen MR) is 73.2 cm³/mol. The van der Waals surface area contributed by atoms with Crippen LogP contribution in [0.5, 0.6) is 11.5 Å². The molecule has 0 saturated carbocycles. The summed E-state index contributed by atoms with van der Waals surface area (Å²) in [5.41, 5.74) is 7.47. The number of hydrogen-bond donors (Lipinski definition) is 1. The van der Waals surface area contributed by atoms with Gasteiger partial charge in [0.2, 0.25) is 0 Å². The smallest absolute Gasteiger partial charge is 0.121 e. The van der Waals surface area contributed by atoms with Crippen LogP contribution in [0.25, 0.3) is 0 Å². The molecule has 2 rings (SSSR count). The van der Waals surface area contributed by atoms with Crippen molar-refractivity contribution in [3.05, 3.63) is 53.1 Å². The molecule has 2 aromatic rings. The van der Waals surface area contributed by atoms with Crippen molar-refractivity contribution >= 4 is 17.3 Å². The average Bonchev–Trinajstić information content (AvgIpc) is 2.37. The van der Waals surface area contributed by atoms with Gasteiger partial charge in [0.1, 0.15) is 18.1 Å². The van der Waals surface area contributed by atoms with Crippen molar-refractivity contribution in [2.45, 2.75) is 6.61 Å². The van der Waals surface area contributed by atoms with Crippen LogP contribution in [0.15, 0.2) is 42.5 Å². The van der Waals surface area contributed by atoms with Gasteiger partial charge < -0.3 is 15.2 Å². The van der Waals surface area contributed by atoms with E-state index in [1.54, 1.807) is 25.3 Å². The van der Waals surface area contributed by atoms with Crippen LogP contribution in [0.3, 0.4) is 0 Å². The molecule has 94 valence electrons. The van der Waals surface area contributed by atoms with E-state index in [2.05, 4.69) is 0 Å². The van der Waals surface area contributed by atoms with Crippen molar-refractivity contribution in [3.63, 3.8) is 0 Å². The van der Waals surface area contributed by atoms with Gasteiger partial charge in [-0.25, -0.2) is 0 Å². The number of nitrogens with two attached hydrogens (primary N) is 1. The Labute approximate surface area is 111 Å². The normalized spacial score (nSPS) is 10.1. The maximum Gasteiger partial charge on any atom is 0.121 e. The van der Waals surface area contributed by atoms with Crippen LogP contribution < -0.4 is 15.2 Å². The molecule has 0 aliphatic heterocycles. The highest BCUT2D eigenvalue weighted by Crippen LogP contribution is 2.22. The van der Waals surface area contributed by atoms with Crippen molar-refractivity contribution in [1.82, 2.24) is 0 Å². The van der Waals surface area contributed by atoms with Crippen molar-refractivity contribution in [2.24, 2.45) is 0 Å². The number of benzene rings is 2. The molecule has 0 heterocycles. The van der Waals surface area contributed by atoms with E-state index >= 15 is 0 Å². The molecule has 0 aliphatic rings. The Bertz CT molecular complexity index is 543. The highest BCUT2D eigenvalue weighted by Gasteiger charge is 2.02. The Balaban J connectivity index is 2.06. The number of halogens is 1. The van der Waals surface area contributed by atoms with E-state index in [1.807, 2.05) is 24.3 Å². The molecule has 0 spiro atoms. The number of methoxy groups -OCH3 is 1. The summed E-state index contributed by atoms with van der Waals surface area (Å²) in [6, 6.07) is 12.8. The van der Waals surface area contributed by atoms with Crippen LogP contribution in [0.2, 0.25) is 5.02 Å². The SMILES string of the molecule is COc1ccc(COc2cccc(Cl)c2)c(N)c1. The lowest BCUT2D eigenvalue weighted by atomic mass is 10.2. The molecule has 18 heavy (non-hydrogen) atoms. The molecule has 0 unspecified atom stereocenters. The highest BCUT2D eigenvalue weighted by molar-refractivity contribution is 6.30. The van der Waals surface area contributed by atoms with Gasteiger partial charge in [0.15, 0.2) is 0 Å². The molecule has 3 nitrogen and oxygen atoms in total. The van der Waals surface area contributed by atoms with Gasteiger partial charge >= 0.3 is 0 Å². The van der Waals surface area contributed by atoms with E-state index in [-0.39, 0.29) is 0 Å². The van der Waals surface area contributed by atoms with E-state index in [0.29, 0.717) is 17.3 Å². The summed E-state index contributed by atoms with van der Waals surface area (Å²) in [5, 5.41) is 0.648. The van der Waals surface area contributed by atoms with Gasteiger partial charge in [-0.2, -0.15) is 0 Å². The fourth-order valence-corrected chi connectivity index (χ4v) is 1.73. The van der Waals surface area contributed by atoms with E-state index in [1.165, 1.54) is 0 Å². The van der Waals surface area contributed by atoms with Crippen molar-refractivity contribution in [2.75, 3.05) is 12.8 Å². The first kappa shape index (κ1) is 12.6. The minimum absolute atomic E-state index is 0.399.